The lowest BCUT2D eigenvalue weighted by atomic mass is 10.1. The molecule has 0 unspecified atom stereocenters. The fraction of sp³-hybridized carbons (Fsp3) is 0.200. The Morgan fingerprint density at radius 1 is 1.12 bits per heavy atom. The van der Waals surface area contributed by atoms with Gasteiger partial charge in [-0.05, 0) is 48.9 Å². The Labute approximate surface area is 196 Å². The van der Waals surface area contributed by atoms with Crippen LogP contribution in [0.25, 0.3) is 17.0 Å². The third-order valence-electron chi connectivity index (χ3n) is 5.42. The number of hydrogen-bond acceptors (Lipinski definition) is 5. The topological polar surface area (TPSA) is 83.0 Å². The monoisotopic (exact) mass is 457 g/mol. The molecule has 33 heavy (non-hydrogen) atoms. The number of amidine groups is 2. The standard InChI is InChI=1S/C25H23N5O2S/c1-2-8-22-28-30-23(26)20(24(31)27-25(30)33-22)15-17-16-29(21-12-7-6-11-19(17)21)13-14-32-18-9-4-3-5-10-18/h3-7,9-12,15-16,26H,2,8,13-14H2,1H3/b20-15+,26-23?. The molecule has 0 bridgehead atoms. The molecule has 2 aliphatic heterocycles. The van der Waals surface area contributed by atoms with Crippen LogP contribution in [-0.2, 0) is 11.3 Å². The largest absolute Gasteiger partial charge is 0.492 e. The first-order chi connectivity index (χ1) is 16.1. The zero-order valence-electron chi connectivity index (χ0n) is 18.2. The number of aliphatic imine (C=N–C) groups is 1. The fourth-order valence-electron chi connectivity index (χ4n) is 3.86. The number of carbonyl (C=O) groups is 1. The van der Waals surface area contributed by atoms with Gasteiger partial charge in [0.25, 0.3) is 5.91 Å². The molecule has 1 amide bonds. The molecule has 3 heterocycles. The molecule has 0 spiro atoms. The SMILES string of the molecule is CCCC1=NN2C(=N)/C(=C\c3cn(CCOc4ccccc4)c4ccccc34)C(=O)N=C2S1. The highest BCUT2D eigenvalue weighted by molar-refractivity contribution is 8.26. The number of carbonyl (C=O) groups excluding carboxylic acids is 1. The van der Waals surface area contributed by atoms with Crippen LogP contribution in [-0.4, -0.2) is 38.1 Å². The lowest BCUT2D eigenvalue weighted by molar-refractivity contribution is -0.114. The lowest BCUT2D eigenvalue weighted by Gasteiger charge is -2.20. The van der Waals surface area contributed by atoms with Crippen LogP contribution >= 0.6 is 11.8 Å². The predicted molar refractivity (Wildman–Crippen MR) is 134 cm³/mol. The maximum absolute atomic E-state index is 12.8. The molecule has 0 saturated heterocycles. The second-order valence-electron chi connectivity index (χ2n) is 7.72. The van der Waals surface area contributed by atoms with E-state index in [1.54, 1.807) is 6.08 Å². The number of aromatic nitrogens is 1. The number of hydrogen-bond donors (Lipinski definition) is 1. The van der Waals surface area contributed by atoms with Crippen LogP contribution in [0.5, 0.6) is 5.75 Å². The van der Waals surface area contributed by atoms with Crippen LogP contribution in [0.15, 0.2) is 76.5 Å². The summed E-state index contributed by atoms with van der Waals surface area (Å²) >= 11 is 1.37. The summed E-state index contributed by atoms with van der Waals surface area (Å²) < 4.78 is 7.97. The van der Waals surface area contributed by atoms with Crippen molar-refractivity contribution in [1.29, 1.82) is 5.41 Å². The molecule has 3 aromatic rings. The van der Waals surface area contributed by atoms with E-state index in [0.717, 1.165) is 40.1 Å². The predicted octanol–water partition coefficient (Wildman–Crippen LogP) is 5.14. The molecule has 166 valence electrons. The first-order valence-electron chi connectivity index (χ1n) is 10.9. The molecule has 0 saturated carbocycles. The Hall–Kier alpha value is -3.65. The van der Waals surface area contributed by atoms with Crippen molar-refractivity contribution in [2.45, 2.75) is 26.3 Å². The van der Waals surface area contributed by atoms with Gasteiger partial charge in [-0.3, -0.25) is 10.2 Å². The molecule has 1 aromatic heterocycles. The number of thioether (sulfide) groups is 1. The van der Waals surface area contributed by atoms with Gasteiger partial charge in [0.05, 0.1) is 12.1 Å². The Morgan fingerprint density at radius 2 is 1.91 bits per heavy atom. The highest BCUT2D eigenvalue weighted by Crippen LogP contribution is 2.31. The van der Waals surface area contributed by atoms with Crippen molar-refractivity contribution in [3.63, 3.8) is 0 Å². The van der Waals surface area contributed by atoms with Gasteiger partial charge in [0.15, 0.2) is 5.84 Å². The second kappa shape index (κ2) is 9.07. The van der Waals surface area contributed by atoms with Crippen LogP contribution in [0.3, 0.4) is 0 Å². The molecule has 0 fully saturated rings. The summed E-state index contributed by atoms with van der Waals surface area (Å²) in [4.78, 5) is 17.0. The summed E-state index contributed by atoms with van der Waals surface area (Å²) in [5, 5.41) is 16.9. The van der Waals surface area contributed by atoms with Gasteiger partial charge in [0.2, 0.25) is 5.17 Å². The third-order valence-corrected chi connectivity index (χ3v) is 6.39. The zero-order chi connectivity index (χ0) is 22.8. The van der Waals surface area contributed by atoms with Crippen LogP contribution in [0.2, 0.25) is 0 Å². The third kappa shape index (κ3) is 4.21. The number of nitrogens with zero attached hydrogens (tertiary/aromatic N) is 4. The van der Waals surface area contributed by atoms with E-state index in [1.807, 2.05) is 60.8 Å². The van der Waals surface area contributed by atoms with E-state index >= 15 is 0 Å². The molecule has 7 nitrogen and oxygen atoms in total. The zero-order valence-corrected chi connectivity index (χ0v) is 19.0. The number of ether oxygens (including phenoxy) is 1. The summed E-state index contributed by atoms with van der Waals surface area (Å²) in [6.07, 6.45) is 5.50. The van der Waals surface area contributed by atoms with E-state index in [9.17, 15) is 4.79 Å². The molecule has 5 rings (SSSR count). The molecular formula is C25H23N5O2S. The molecule has 2 aromatic carbocycles. The minimum Gasteiger partial charge on any atom is -0.492 e. The molecule has 0 radical (unpaired) electrons. The normalized spacial score (nSPS) is 16.9. The summed E-state index contributed by atoms with van der Waals surface area (Å²) in [5.74, 6) is 0.487. The summed E-state index contributed by atoms with van der Waals surface area (Å²) in [6, 6.07) is 17.7. The first kappa shape index (κ1) is 21.2. The molecule has 0 aliphatic carbocycles. The van der Waals surface area contributed by atoms with E-state index in [-0.39, 0.29) is 11.4 Å². The van der Waals surface area contributed by atoms with Crippen molar-refractivity contribution in [3.05, 3.63) is 71.9 Å². The number of benzene rings is 2. The van der Waals surface area contributed by atoms with E-state index in [2.05, 4.69) is 21.6 Å². The summed E-state index contributed by atoms with van der Waals surface area (Å²) in [5.41, 5.74) is 2.14. The van der Waals surface area contributed by atoms with Crippen molar-refractivity contribution in [2.24, 2.45) is 10.1 Å². The van der Waals surface area contributed by atoms with Crippen LogP contribution < -0.4 is 4.74 Å². The maximum atomic E-state index is 12.8. The highest BCUT2D eigenvalue weighted by atomic mass is 32.2. The second-order valence-corrected chi connectivity index (χ2v) is 8.76. The number of fused-ring (bicyclic) bond motifs is 2. The van der Waals surface area contributed by atoms with Gasteiger partial charge in [0, 0.05) is 22.7 Å². The van der Waals surface area contributed by atoms with Crippen molar-refractivity contribution in [3.8, 4) is 5.75 Å². The van der Waals surface area contributed by atoms with E-state index in [0.29, 0.717) is 18.3 Å². The molecule has 1 N–H and O–H groups in total. The quantitative estimate of drug-likeness (QED) is 0.498. The molecule has 0 atom stereocenters. The van der Waals surface area contributed by atoms with Gasteiger partial charge in [-0.2, -0.15) is 15.1 Å². The summed E-state index contributed by atoms with van der Waals surface area (Å²) in [7, 11) is 0. The number of para-hydroxylation sites is 2. The van der Waals surface area contributed by atoms with Gasteiger partial charge < -0.3 is 9.30 Å². The maximum Gasteiger partial charge on any atom is 0.283 e. The smallest absolute Gasteiger partial charge is 0.283 e. The van der Waals surface area contributed by atoms with Gasteiger partial charge in [-0.1, -0.05) is 43.3 Å². The van der Waals surface area contributed by atoms with Gasteiger partial charge >= 0.3 is 0 Å². The molecular weight excluding hydrogens is 434 g/mol. The first-order valence-corrected chi connectivity index (χ1v) is 11.7. The van der Waals surface area contributed by atoms with E-state index in [4.69, 9.17) is 10.1 Å². The van der Waals surface area contributed by atoms with Crippen molar-refractivity contribution < 1.29 is 9.53 Å². The minimum absolute atomic E-state index is 0.0628. The van der Waals surface area contributed by atoms with Crippen LogP contribution in [0.1, 0.15) is 25.3 Å². The van der Waals surface area contributed by atoms with Crippen molar-refractivity contribution in [2.75, 3.05) is 6.61 Å². The lowest BCUT2D eigenvalue weighted by Crippen LogP contribution is -2.35. The highest BCUT2D eigenvalue weighted by Gasteiger charge is 2.35. The Morgan fingerprint density at radius 3 is 2.73 bits per heavy atom. The van der Waals surface area contributed by atoms with E-state index in [1.165, 1.54) is 16.8 Å². The number of amides is 1. The summed E-state index contributed by atoms with van der Waals surface area (Å²) in [6.45, 7) is 3.24. The van der Waals surface area contributed by atoms with Crippen LogP contribution in [0.4, 0.5) is 0 Å². The Balaban J connectivity index is 1.43. The number of nitrogens with one attached hydrogen (secondary N) is 1. The van der Waals surface area contributed by atoms with Gasteiger partial charge in [0.1, 0.15) is 17.4 Å². The van der Waals surface area contributed by atoms with Gasteiger partial charge in [-0.15, -0.1) is 0 Å². The Kier molecular flexibility index (Phi) is 5.83. The average molecular weight is 458 g/mol. The van der Waals surface area contributed by atoms with Crippen molar-refractivity contribution >= 4 is 50.7 Å². The van der Waals surface area contributed by atoms with Crippen LogP contribution in [0, 0.1) is 5.41 Å². The average Bonchev–Trinajstić information content (AvgIpc) is 3.39. The van der Waals surface area contributed by atoms with Gasteiger partial charge in [-0.25, -0.2) is 0 Å². The fourth-order valence-corrected chi connectivity index (χ4v) is 4.84. The van der Waals surface area contributed by atoms with E-state index < -0.39 is 5.91 Å². The number of rotatable bonds is 7. The molecule has 8 heteroatoms. The number of hydrazone groups is 1. The van der Waals surface area contributed by atoms with Crippen molar-refractivity contribution in [1.82, 2.24) is 9.58 Å². The Bertz CT molecular complexity index is 1320. The minimum atomic E-state index is -0.407. The molecule has 2 aliphatic rings.